The van der Waals surface area contributed by atoms with Gasteiger partial charge in [-0.1, -0.05) is 30.5 Å². The molecule has 1 fully saturated rings. The van der Waals surface area contributed by atoms with Crippen molar-refractivity contribution in [2.45, 2.75) is 31.1 Å². The van der Waals surface area contributed by atoms with E-state index in [2.05, 4.69) is 0 Å². The Hall–Kier alpha value is -0.910. The quantitative estimate of drug-likeness (QED) is 0.544. The van der Waals surface area contributed by atoms with E-state index >= 15 is 0 Å². The minimum Gasteiger partial charge on any atom is -0.379 e. The first-order valence-corrected chi connectivity index (χ1v) is 8.02. The van der Waals surface area contributed by atoms with Crippen molar-refractivity contribution < 1.29 is 17.3 Å². The Balaban J connectivity index is 1.69. The number of hydrogen-bond donors (Lipinski definition) is 0. The molecule has 0 heterocycles. The molecule has 2 rings (SSSR count). The van der Waals surface area contributed by atoms with Gasteiger partial charge in [0.05, 0.1) is 18.1 Å². The lowest BCUT2D eigenvalue weighted by Gasteiger charge is -2.06. The van der Waals surface area contributed by atoms with Gasteiger partial charge in [0.15, 0.2) is 0 Å². The molecule has 19 heavy (non-hydrogen) atoms. The van der Waals surface area contributed by atoms with Crippen LogP contribution in [0.5, 0.6) is 0 Å². The highest BCUT2D eigenvalue weighted by atomic mass is 32.2. The normalized spacial score (nSPS) is 15.6. The third-order valence-electron chi connectivity index (χ3n) is 3.14. The van der Waals surface area contributed by atoms with Crippen LogP contribution >= 0.6 is 0 Å². The van der Waals surface area contributed by atoms with Crippen LogP contribution in [0.3, 0.4) is 0 Å². The van der Waals surface area contributed by atoms with Crippen molar-refractivity contribution in [3.63, 3.8) is 0 Å². The molecule has 0 atom stereocenters. The number of benzene rings is 1. The largest absolute Gasteiger partial charge is 0.379 e. The van der Waals surface area contributed by atoms with Crippen LogP contribution in [0.4, 0.5) is 0 Å². The summed E-state index contributed by atoms with van der Waals surface area (Å²) in [6.45, 7) is 2.99. The molecule has 4 nitrogen and oxygen atoms in total. The van der Waals surface area contributed by atoms with Gasteiger partial charge >= 0.3 is 0 Å². The van der Waals surface area contributed by atoms with Crippen LogP contribution in [-0.4, -0.2) is 28.2 Å². The van der Waals surface area contributed by atoms with Crippen LogP contribution < -0.4 is 0 Å². The Morgan fingerprint density at radius 3 is 2.42 bits per heavy atom. The second kappa shape index (κ2) is 6.50. The summed E-state index contributed by atoms with van der Waals surface area (Å²) < 4.78 is 33.9. The fraction of sp³-hybridized carbons (Fsp3) is 0.571. The second-order valence-electron chi connectivity index (χ2n) is 4.93. The van der Waals surface area contributed by atoms with Gasteiger partial charge in [-0.15, -0.1) is 0 Å². The van der Waals surface area contributed by atoms with Crippen molar-refractivity contribution in [1.29, 1.82) is 0 Å². The molecule has 0 N–H and O–H groups in total. The van der Waals surface area contributed by atoms with E-state index in [0.717, 1.165) is 17.9 Å². The van der Waals surface area contributed by atoms with Crippen LogP contribution in [0, 0.1) is 12.8 Å². The third kappa shape index (κ3) is 4.93. The summed E-state index contributed by atoms with van der Waals surface area (Å²) in [5.74, 6) is 0.831. The minimum atomic E-state index is -3.65. The monoisotopic (exact) mass is 284 g/mol. The van der Waals surface area contributed by atoms with E-state index in [-0.39, 0.29) is 11.5 Å². The molecule has 5 heteroatoms. The van der Waals surface area contributed by atoms with Gasteiger partial charge in [-0.05, 0) is 31.4 Å². The Kier molecular flexibility index (Phi) is 4.96. The van der Waals surface area contributed by atoms with Gasteiger partial charge in [-0.25, -0.2) is 0 Å². The van der Waals surface area contributed by atoms with Gasteiger partial charge in [-0.2, -0.15) is 8.42 Å². The standard InChI is InChI=1S/C14H20O4S/c1-12-2-6-14(7-3-12)19(15,16)18-11-10-17-9-8-13-4-5-13/h2-3,6-7,13H,4-5,8-11H2,1H3. The van der Waals surface area contributed by atoms with Crippen molar-refractivity contribution in [1.82, 2.24) is 0 Å². The summed E-state index contributed by atoms with van der Waals surface area (Å²) in [5.41, 5.74) is 1.02. The number of rotatable bonds is 8. The zero-order valence-corrected chi connectivity index (χ0v) is 12.0. The Bertz CT molecular complexity index is 489. The Morgan fingerprint density at radius 2 is 1.79 bits per heavy atom. The summed E-state index contributed by atoms with van der Waals surface area (Å²) in [6, 6.07) is 6.61. The zero-order chi connectivity index (χ0) is 13.7. The van der Waals surface area contributed by atoms with Crippen LogP contribution in [0.15, 0.2) is 29.2 Å². The lowest BCUT2D eigenvalue weighted by atomic mass is 10.2. The van der Waals surface area contributed by atoms with Gasteiger partial charge < -0.3 is 4.74 Å². The maximum atomic E-state index is 11.8. The lowest BCUT2D eigenvalue weighted by Crippen LogP contribution is -2.12. The zero-order valence-electron chi connectivity index (χ0n) is 11.2. The van der Waals surface area contributed by atoms with Crippen LogP contribution in [0.2, 0.25) is 0 Å². The van der Waals surface area contributed by atoms with Crippen molar-refractivity contribution in [2.24, 2.45) is 5.92 Å². The fourth-order valence-corrected chi connectivity index (χ4v) is 2.63. The summed E-state index contributed by atoms with van der Waals surface area (Å²) in [7, 11) is -3.65. The first-order valence-electron chi connectivity index (χ1n) is 6.62. The molecule has 1 aliphatic carbocycles. The first kappa shape index (κ1) is 14.5. The van der Waals surface area contributed by atoms with E-state index in [9.17, 15) is 8.42 Å². The molecule has 0 radical (unpaired) electrons. The summed E-state index contributed by atoms with van der Waals surface area (Å²) in [4.78, 5) is 0.191. The number of ether oxygens (including phenoxy) is 1. The molecule has 1 aromatic carbocycles. The lowest BCUT2D eigenvalue weighted by molar-refractivity contribution is 0.0977. The van der Waals surface area contributed by atoms with E-state index in [1.165, 1.54) is 12.8 Å². The second-order valence-corrected chi connectivity index (χ2v) is 6.55. The molecular weight excluding hydrogens is 264 g/mol. The van der Waals surface area contributed by atoms with E-state index in [1.54, 1.807) is 24.3 Å². The highest BCUT2D eigenvalue weighted by Crippen LogP contribution is 2.32. The van der Waals surface area contributed by atoms with Crippen LogP contribution in [0.1, 0.15) is 24.8 Å². The van der Waals surface area contributed by atoms with Gasteiger partial charge in [0.1, 0.15) is 0 Å². The van der Waals surface area contributed by atoms with Crippen LogP contribution in [0.25, 0.3) is 0 Å². The minimum absolute atomic E-state index is 0.0703. The summed E-state index contributed by atoms with van der Waals surface area (Å²) in [5, 5.41) is 0. The molecule has 0 bridgehead atoms. The maximum absolute atomic E-state index is 11.8. The topological polar surface area (TPSA) is 52.6 Å². The molecular formula is C14H20O4S. The molecule has 0 spiro atoms. The fourth-order valence-electron chi connectivity index (χ4n) is 1.73. The van der Waals surface area contributed by atoms with Gasteiger partial charge in [0, 0.05) is 6.61 Å². The van der Waals surface area contributed by atoms with Crippen molar-refractivity contribution >= 4 is 10.1 Å². The average molecular weight is 284 g/mol. The maximum Gasteiger partial charge on any atom is 0.297 e. The molecule has 0 unspecified atom stereocenters. The molecule has 0 amide bonds. The molecule has 1 aromatic rings. The molecule has 1 saturated carbocycles. The number of hydrogen-bond acceptors (Lipinski definition) is 4. The smallest absolute Gasteiger partial charge is 0.297 e. The third-order valence-corrected chi connectivity index (χ3v) is 4.47. The average Bonchev–Trinajstić information content (AvgIpc) is 3.18. The molecule has 0 aliphatic heterocycles. The van der Waals surface area contributed by atoms with Crippen molar-refractivity contribution in [3.05, 3.63) is 29.8 Å². The van der Waals surface area contributed by atoms with Crippen molar-refractivity contribution in [2.75, 3.05) is 19.8 Å². The predicted molar refractivity (Wildman–Crippen MR) is 72.5 cm³/mol. The number of aryl methyl sites for hydroxylation is 1. The molecule has 0 aromatic heterocycles. The molecule has 1 aliphatic rings. The Morgan fingerprint density at radius 1 is 1.11 bits per heavy atom. The van der Waals surface area contributed by atoms with E-state index in [0.29, 0.717) is 13.2 Å². The molecule has 106 valence electrons. The highest BCUT2D eigenvalue weighted by molar-refractivity contribution is 7.86. The molecule has 0 saturated heterocycles. The van der Waals surface area contributed by atoms with E-state index < -0.39 is 10.1 Å². The highest BCUT2D eigenvalue weighted by Gasteiger charge is 2.20. The predicted octanol–water partition coefficient (Wildman–Crippen LogP) is 2.52. The van der Waals surface area contributed by atoms with Crippen LogP contribution in [-0.2, 0) is 19.0 Å². The van der Waals surface area contributed by atoms with Crippen molar-refractivity contribution in [3.8, 4) is 0 Å². The van der Waals surface area contributed by atoms with Gasteiger partial charge in [0.2, 0.25) is 0 Å². The SMILES string of the molecule is Cc1ccc(S(=O)(=O)OCCOCCC2CC2)cc1. The summed E-state index contributed by atoms with van der Waals surface area (Å²) >= 11 is 0. The first-order chi connectivity index (χ1) is 9.08. The van der Waals surface area contributed by atoms with E-state index in [1.807, 2.05) is 6.92 Å². The van der Waals surface area contributed by atoms with E-state index in [4.69, 9.17) is 8.92 Å². The van der Waals surface area contributed by atoms with Gasteiger partial charge in [0.25, 0.3) is 10.1 Å². The summed E-state index contributed by atoms with van der Waals surface area (Å²) in [6.07, 6.45) is 3.69. The van der Waals surface area contributed by atoms with Gasteiger partial charge in [-0.3, -0.25) is 4.18 Å². The Labute approximate surface area is 114 Å².